The lowest BCUT2D eigenvalue weighted by Crippen LogP contribution is -2.41. The van der Waals surface area contributed by atoms with Gasteiger partial charge in [-0.2, -0.15) is 5.26 Å². The van der Waals surface area contributed by atoms with Crippen molar-refractivity contribution >= 4 is 6.03 Å². The van der Waals surface area contributed by atoms with Crippen LogP contribution in [0.2, 0.25) is 0 Å². The van der Waals surface area contributed by atoms with Crippen molar-refractivity contribution in [3.05, 3.63) is 59.5 Å². The van der Waals surface area contributed by atoms with Crippen LogP contribution < -0.4 is 10.6 Å². The highest BCUT2D eigenvalue weighted by molar-refractivity contribution is 5.74. The topological polar surface area (TPSA) is 98.3 Å². The molecule has 0 aliphatic heterocycles. The Bertz CT molecular complexity index is 659. The molecule has 2 unspecified atom stereocenters. The Morgan fingerprint density at radius 1 is 1.35 bits per heavy atom. The molecule has 1 aromatic carbocycles. The van der Waals surface area contributed by atoms with E-state index in [0.717, 1.165) is 5.56 Å². The largest absolute Gasteiger partial charge is 0.467 e. The molecule has 2 amide bonds. The number of benzene rings is 1. The summed E-state index contributed by atoms with van der Waals surface area (Å²) in [4.78, 5) is 11.8. The summed E-state index contributed by atoms with van der Waals surface area (Å²) in [6.45, 7) is 2.18. The summed E-state index contributed by atoms with van der Waals surface area (Å²) in [7, 11) is 0. The van der Waals surface area contributed by atoms with Crippen molar-refractivity contribution in [1.29, 1.82) is 5.26 Å². The van der Waals surface area contributed by atoms with Crippen LogP contribution in [0.5, 0.6) is 0 Å². The van der Waals surface area contributed by atoms with Gasteiger partial charge in [0.25, 0.3) is 0 Å². The van der Waals surface area contributed by atoms with E-state index in [4.69, 9.17) is 9.68 Å². The summed E-state index contributed by atoms with van der Waals surface area (Å²) < 4.78 is 5.12. The zero-order valence-corrected chi connectivity index (χ0v) is 12.8. The zero-order valence-electron chi connectivity index (χ0n) is 12.8. The van der Waals surface area contributed by atoms with Crippen LogP contribution in [0.25, 0.3) is 0 Å². The van der Waals surface area contributed by atoms with Crippen molar-refractivity contribution in [3.8, 4) is 6.07 Å². The number of carbonyl (C=O) groups excluding carboxylic acids is 1. The van der Waals surface area contributed by atoms with Gasteiger partial charge in [-0.25, -0.2) is 4.79 Å². The minimum absolute atomic E-state index is 0.212. The lowest BCUT2D eigenvalue weighted by molar-refractivity contribution is 0.129. The van der Waals surface area contributed by atoms with Crippen LogP contribution in [0.15, 0.2) is 47.1 Å². The molecule has 0 aliphatic rings. The summed E-state index contributed by atoms with van der Waals surface area (Å²) in [6.07, 6.45) is 1.11. The monoisotopic (exact) mass is 313 g/mol. The summed E-state index contributed by atoms with van der Waals surface area (Å²) in [5.41, 5.74) is 1.49. The van der Waals surface area contributed by atoms with E-state index in [1.54, 1.807) is 36.4 Å². The lowest BCUT2D eigenvalue weighted by atomic mass is 10.1. The number of hydrogen-bond acceptors (Lipinski definition) is 4. The molecular weight excluding hydrogens is 294 g/mol. The van der Waals surface area contributed by atoms with Gasteiger partial charge in [-0.05, 0) is 36.8 Å². The first-order chi connectivity index (χ1) is 11.1. The quantitative estimate of drug-likeness (QED) is 0.763. The number of aliphatic hydroxyl groups is 1. The minimum Gasteiger partial charge on any atom is -0.467 e. The average molecular weight is 313 g/mol. The number of aliphatic hydroxyl groups excluding tert-OH is 1. The van der Waals surface area contributed by atoms with E-state index >= 15 is 0 Å². The molecule has 0 bridgehead atoms. The Balaban J connectivity index is 1.74. The maximum atomic E-state index is 11.8. The SMILES string of the molecule is CC(CC(O)c1ccco1)NC(=O)NCc1ccc(C#N)cc1. The van der Waals surface area contributed by atoms with Gasteiger partial charge in [-0.1, -0.05) is 12.1 Å². The first-order valence-electron chi connectivity index (χ1n) is 7.33. The van der Waals surface area contributed by atoms with E-state index < -0.39 is 6.10 Å². The molecule has 0 fully saturated rings. The summed E-state index contributed by atoms with van der Waals surface area (Å²) in [6, 6.07) is 11.9. The highest BCUT2D eigenvalue weighted by Gasteiger charge is 2.16. The van der Waals surface area contributed by atoms with E-state index in [-0.39, 0.29) is 12.1 Å². The maximum Gasteiger partial charge on any atom is 0.315 e. The summed E-state index contributed by atoms with van der Waals surface area (Å²) in [5.74, 6) is 0.483. The number of hydrogen-bond donors (Lipinski definition) is 3. The second-order valence-electron chi connectivity index (χ2n) is 5.30. The van der Waals surface area contributed by atoms with Crippen LogP contribution in [-0.4, -0.2) is 17.2 Å². The van der Waals surface area contributed by atoms with E-state index in [2.05, 4.69) is 10.6 Å². The molecule has 0 aliphatic carbocycles. The van der Waals surface area contributed by atoms with Gasteiger partial charge in [0.2, 0.25) is 0 Å². The number of nitrogens with one attached hydrogen (secondary N) is 2. The molecule has 23 heavy (non-hydrogen) atoms. The molecule has 1 aromatic heterocycles. The normalized spacial score (nSPS) is 12.9. The first-order valence-corrected chi connectivity index (χ1v) is 7.33. The van der Waals surface area contributed by atoms with Crippen LogP contribution in [0.3, 0.4) is 0 Å². The molecule has 0 saturated carbocycles. The fraction of sp³-hybridized carbons (Fsp3) is 0.294. The summed E-state index contributed by atoms with van der Waals surface area (Å²) >= 11 is 0. The van der Waals surface area contributed by atoms with Gasteiger partial charge in [-0.15, -0.1) is 0 Å². The van der Waals surface area contributed by atoms with E-state index in [9.17, 15) is 9.90 Å². The molecule has 6 heteroatoms. The standard InChI is InChI=1S/C17H19N3O3/c1-12(9-15(21)16-3-2-8-23-16)20-17(22)19-11-14-6-4-13(10-18)5-7-14/h2-8,12,15,21H,9,11H2,1H3,(H2,19,20,22). The average Bonchev–Trinajstić information content (AvgIpc) is 3.08. The number of nitrogens with zero attached hydrogens (tertiary/aromatic N) is 1. The molecule has 120 valence electrons. The van der Waals surface area contributed by atoms with Gasteiger partial charge >= 0.3 is 6.03 Å². The lowest BCUT2D eigenvalue weighted by Gasteiger charge is -2.17. The Morgan fingerprint density at radius 2 is 2.09 bits per heavy atom. The van der Waals surface area contributed by atoms with Gasteiger partial charge < -0.3 is 20.2 Å². The fourth-order valence-corrected chi connectivity index (χ4v) is 2.15. The molecule has 0 spiro atoms. The Labute approximate surface area is 134 Å². The Hall–Kier alpha value is -2.78. The third-order valence-electron chi connectivity index (χ3n) is 3.36. The second-order valence-corrected chi connectivity index (χ2v) is 5.30. The Kier molecular flexibility index (Phi) is 5.78. The van der Waals surface area contributed by atoms with Crippen molar-refractivity contribution in [1.82, 2.24) is 10.6 Å². The number of amides is 2. The van der Waals surface area contributed by atoms with Gasteiger partial charge in [0.05, 0.1) is 17.9 Å². The van der Waals surface area contributed by atoms with Crippen molar-refractivity contribution in [2.24, 2.45) is 0 Å². The fourth-order valence-electron chi connectivity index (χ4n) is 2.15. The predicted molar refractivity (Wildman–Crippen MR) is 84.3 cm³/mol. The van der Waals surface area contributed by atoms with Crippen molar-refractivity contribution < 1.29 is 14.3 Å². The van der Waals surface area contributed by atoms with Crippen LogP contribution in [0.4, 0.5) is 4.79 Å². The second kappa shape index (κ2) is 8.01. The van der Waals surface area contributed by atoms with Gasteiger partial charge in [0.1, 0.15) is 11.9 Å². The number of rotatable bonds is 6. The van der Waals surface area contributed by atoms with Crippen LogP contribution in [0, 0.1) is 11.3 Å². The summed E-state index contributed by atoms with van der Waals surface area (Å²) in [5, 5.41) is 24.2. The van der Waals surface area contributed by atoms with Gasteiger partial charge in [-0.3, -0.25) is 0 Å². The third-order valence-corrected chi connectivity index (χ3v) is 3.36. The molecule has 3 N–H and O–H groups in total. The molecule has 0 saturated heterocycles. The smallest absolute Gasteiger partial charge is 0.315 e. The van der Waals surface area contributed by atoms with Crippen molar-refractivity contribution in [3.63, 3.8) is 0 Å². The third kappa shape index (κ3) is 5.16. The number of furan rings is 1. The minimum atomic E-state index is -0.751. The highest BCUT2D eigenvalue weighted by Crippen LogP contribution is 2.18. The number of nitriles is 1. The predicted octanol–water partition coefficient (Wildman–Crippen LogP) is 2.46. The van der Waals surface area contributed by atoms with Crippen LogP contribution in [0.1, 0.15) is 36.3 Å². The first kappa shape index (κ1) is 16.6. The number of urea groups is 1. The zero-order chi connectivity index (χ0) is 16.7. The maximum absolute atomic E-state index is 11.8. The molecule has 1 heterocycles. The molecule has 2 atom stereocenters. The molecule has 6 nitrogen and oxygen atoms in total. The van der Waals surface area contributed by atoms with Crippen LogP contribution in [-0.2, 0) is 6.54 Å². The van der Waals surface area contributed by atoms with Gasteiger partial charge in [0, 0.05) is 19.0 Å². The van der Waals surface area contributed by atoms with Crippen molar-refractivity contribution in [2.45, 2.75) is 32.0 Å². The van der Waals surface area contributed by atoms with Crippen molar-refractivity contribution in [2.75, 3.05) is 0 Å². The van der Waals surface area contributed by atoms with Gasteiger partial charge in [0.15, 0.2) is 0 Å². The molecule has 2 aromatic rings. The Morgan fingerprint density at radius 3 is 2.70 bits per heavy atom. The van der Waals surface area contributed by atoms with E-state index in [1.165, 1.54) is 6.26 Å². The van der Waals surface area contributed by atoms with E-state index in [1.807, 2.05) is 13.0 Å². The van der Waals surface area contributed by atoms with Crippen LogP contribution >= 0.6 is 0 Å². The molecule has 2 rings (SSSR count). The molecular formula is C17H19N3O3. The van der Waals surface area contributed by atoms with E-state index in [0.29, 0.717) is 24.3 Å². The molecule has 0 radical (unpaired) electrons. The number of carbonyl (C=O) groups is 1. The highest BCUT2D eigenvalue weighted by atomic mass is 16.4.